The molecule has 4 aromatic carbocycles. The first kappa shape index (κ1) is 24.3. The third-order valence-electron chi connectivity index (χ3n) is 5.91. The summed E-state index contributed by atoms with van der Waals surface area (Å²) in [6, 6.07) is 36.5. The van der Waals surface area contributed by atoms with Crippen molar-refractivity contribution in [3.05, 3.63) is 156 Å². The zero-order valence-electron chi connectivity index (χ0n) is 19.4. The molecule has 35 heavy (non-hydrogen) atoms. The largest absolute Gasteiger partial charge is 0.365 e. The average molecular weight is 466 g/mol. The van der Waals surface area contributed by atoms with Crippen molar-refractivity contribution in [2.75, 3.05) is 13.2 Å². The molecule has 4 rings (SSSR count). The lowest BCUT2D eigenvalue weighted by Crippen LogP contribution is -2.36. The summed E-state index contributed by atoms with van der Waals surface area (Å²) in [6.45, 7) is 4.03. The van der Waals surface area contributed by atoms with Gasteiger partial charge in [-0.05, 0) is 22.8 Å². The van der Waals surface area contributed by atoms with Gasteiger partial charge in [0.05, 0.1) is 25.0 Å². The molecule has 4 heteroatoms. The highest BCUT2D eigenvalue weighted by Gasteiger charge is 2.38. The van der Waals surface area contributed by atoms with Gasteiger partial charge in [-0.2, -0.15) is 0 Å². The van der Waals surface area contributed by atoms with Gasteiger partial charge in [-0.3, -0.25) is 0 Å². The predicted octanol–water partition coefficient (Wildman–Crippen LogP) is 6.77. The van der Waals surface area contributed by atoms with Crippen LogP contribution in [-0.4, -0.2) is 25.0 Å². The van der Waals surface area contributed by atoms with Crippen LogP contribution in [-0.2, 0) is 15.1 Å². The van der Waals surface area contributed by atoms with Gasteiger partial charge in [0.1, 0.15) is 11.4 Å². The monoisotopic (exact) mass is 465 g/mol. The zero-order chi connectivity index (χ0) is 24.5. The Bertz CT molecular complexity index is 1150. The van der Waals surface area contributed by atoms with Gasteiger partial charge >= 0.3 is 0 Å². The summed E-state index contributed by atoms with van der Waals surface area (Å²) in [5, 5.41) is 8.26. The van der Waals surface area contributed by atoms with Gasteiger partial charge in [-0.15, -0.1) is 6.58 Å². The molecule has 1 atom stereocenters. The standard InChI is InChI=1S/C31H28FNO2/c1-2-27(34-23-30(33)28-20-12-13-21-29(28)32)22-35-31(24-14-6-3-7-15-24,25-16-8-4-9-17-25)26-18-10-5-11-19-26/h2-21,27,33H,1,22-23H2. The van der Waals surface area contributed by atoms with Gasteiger partial charge in [0, 0.05) is 5.56 Å². The smallest absolute Gasteiger partial charge is 0.143 e. The Morgan fingerprint density at radius 2 is 1.23 bits per heavy atom. The molecule has 4 aromatic rings. The van der Waals surface area contributed by atoms with Crippen LogP contribution in [0.3, 0.4) is 0 Å². The molecule has 0 saturated carbocycles. The van der Waals surface area contributed by atoms with E-state index in [1.807, 2.05) is 54.6 Å². The van der Waals surface area contributed by atoms with E-state index in [1.165, 1.54) is 6.07 Å². The molecule has 0 amide bonds. The Morgan fingerprint density at radius 3 is 1.69 bits per heavy atom. The average Bonchev–Trinajstić information content (AvgIpc) is 2.92. The molecule has 0 saturated heterocycles. The molecule has 0 fully saturated rings. The molecule has 0 aliphatic carbocycles. The van der Waals surface area contributed by atoms with Crippen LogP contribution in [0.5, 0.6) is 0 Å². The Hall–Kier alpha value is -3.86. The van der Waals surface area contributed by atoms with E-state index >= 15 is 0 Å². The highest BCUT2D eigenvalue weighted by molar-refractivity contribution is 5.99. The highest BCUT2D eigenvalue weighted by atomic mass is 19.1. The summed E-state index contributed by atoms with van der Waals surface area (Å²) in [5.74, 6) is -0.441. The van der Waals surface area contributed by atoms with Crippen molar-refractivity contribution in [1.82, 2.24) is 0 Å². The molecule has 3 nitrogen and oxygen atoms in total. The Morgan fingerprint density at radius 1 is 0.771 bits per heavy atom. The minimum atomic E-state index is -0.882. The van der Waals surface area contributed by atoms with Crippen molar-refractivity contribution < 1.29 is 13.9 Å². The van der Waals surface area contributed by atoms with Gasteiger partial charge < -0.3 is 14.9 Å². The fourth-order valence-electron chi connectivity index (χ4n) is 4.13. The van der Waals surface area contributed by atoms with E-state index in [0.717, 1.165) is 16.7 Å². The molecular formula is C31H28FNO2. The Balaban J connectivity index is 1.63. The topological polar surface area (TPSA) is 42.3 Å². The van der Waals surface area contributed by atoms with E-state index in [4.69, 9.17) is 14.9 Å². The van der Waals surface area contributed by atoms with Gasteiger partial charge in [-0.1, -0.05) is 115 Å². The van der Waals surface area contributed by atoms with Crippen molar-refractivity contribution in [3.8, 4) is 0 Å². The SMILES string of the molecule is C=CC(COC(c1ccccc1)(c1ccccc1)c1ccccc1)OCC(=N)c1ccccc1F. The summed E-state index contributed by atoms with van der Waals surface area (Å²) in [5.41, 5.74) is 2.37. The van der Waals surface area contributed by atoms with Crippen molar-refractivity contribution >= 4 is 5.71 Å². The summed E-state index contributed by atoms with van der Waals surface area (Å²) < 4.78 is 26.8. The first-order chi connectivity index (χ1) is 17.1. The number of hydrogen-bond acceptors (Lipinski definition) is 3. The van der Waals surface area contributed by atoms with E-state index in [2.05, 4.69) is 43.0 Å². The van der Waals surface area contributed by atoms with Crippen LogP contribution >= 0.6 is 0 Å². The lowest BCUT2D eigenvalue weighted by atomic mass is 9.80. The predicted molar refractivity (Wildman–Crippen MR) is 138 cm³/mol. The molecule has 176 valence electrons. The van der Waals surface area contributed by atoms with Gasteiger partial charge in [0.25, 0.3) is 0 Å². The quantitative estimate of drug-likeness (QED) is 0.151. The normalized spacial score (nSPS) is 12.1. The third-order valence-corrected chi connectivity index (χ3v) is 5.91. The van der Waals surface area contributed by atoms with E-state index < -0.39 is 17.5 Å². The molecule has 0 aliphatic heterocycles. The first-order valence-corrected chi connectivity index (χ1v) is 11.5. The first-order valence-electron chi connectivity index (χ1n) is 11.5. The van der Waals surface area contributed by atoms with E-state index in [9.17, 15) is 4.39 Å². The lowest BCUT2D eigenvalue weighted by molar-refractivity contribution is -0.0412. The maximum Gasteiger partial charge on any atom is 0.143 e. The number of hydrogen-bond donors (Lipinski definition) is 1. The summed E-state index contributed by atoms with van der Waals surface area (Å²) in [4.78, 5) is 0. The van der Waals surface area contributed by atoms with Gasteiger partial charge in [0.2, 0.25) is 0 Å². The lowest BCUT2D eigenvalue weighted by Gasteiger charge is -2.36. The molecule has 0 heterocycles. The summed E-state index contributed by atoms with van der Waals surface area (Å²) in [6.07, 6.45) is 1.15. The van der Waals surface area contributed by atoms with Crippen LogP contribution in [0.15, 0.2) is 128 Å². The number of ether oxygens (including phenoxy) is 2. The van der Waals surface area contributed by atoms with Gasteiger partial charge in [-0.25, -0.2) is 4.39 Å². The minimum Gasteiger partial charge on any atom is -0.365 e. The van der Waals surface area contributed by atoms with Crippen molar-refractivity contribution in [2.45, 2.75) is 11.7 Å². The Kier molecular flexibility index (Phi) is 7.99. The minimum absolute atomic E-state index is 0.0595. The van der Waals surface area contributed by atoms with E-state index in [0.29, 0.717) is 0 Å². The second-order valence-electron chi connectivity index (χ2n) is 8.13. The molecule has 0 aromatic heterocycles. The van der Waals surface area contributed by atoms with Crippen molar-refractivity contribution in [1.29, 1.82) is 5.41 Å². The van der Waals surface area contributed by atoms with Crippen molar-refractivity contribution in [3.63, 3.8) is 0 Å². The van der Waals surface area contributed by atoms with Crippen LogP contribution in [0.4, 0.5) is 4.39 Å². The molecule has 0 aliphatic rings. The number of rotatable bonds is 11. The number of halogens is 1. The fourth-order valence-corrected chi connectivity index (χ4v) is 4.13. The molecule has 1 N–H and O–H groups in total. The van der Waals surface area contributed by atoms with Crippen LogP contribution in [0, 0.1) is 11.2 Å². The molecule has 1 unspecified atom stereocenters. The zero-order valence-corrected chi connectivity index (χ0v) is 19.4. The second kappa shape index (κ2) is 11.5. The summed E-state index contributed by atoms with van der Waals surface area (Å²) in [7, 11) is 0. The Labute approximate surface area is 206 Å². The molecule has 0 bridgehead atoms. The van der Waals surface area contributed by atoms with Crippen molar-refractivity contribution in [2.24, 2.45) is 0 Å². The number of benzene rings is 4. The molecule has 0 radical (unpaired) electrons. The fraction of sp³-hybridized carbons (Fsp3) is 0.129. The van der Waals surface area contributed by atoms with E-state index in [-0.39, 0.29) is 24.5 Å². The molecule has 0 spiro atoms. The van der Waals surface area contributed by atoms with E-state index in [1.54, 1.807) is 24.3 Å². The second-order valence-corrected chi connectivity index (χ2v) is 8.13. The third kappa shape index (κ3) is 5.46. The highest BCUT2D eigenvalue weighted by Crippen LogP contribution is 2.40. The van der Waals surface area contributed by atoms with Crippen LogP contribution < -0.4 is 0 Å². The maximum atomic E-state index is 14.1. The van der Waals surface area contributed by atoms with Crippen LogP contribution in [0.25, 0.3) is 0 Å². The van der Waals surface area contributed by atoms with Crippen LogP contribution in [0.2, 0.25) is 0 Å². The molecular weight excluding hydrogens is 437 g/mol. The van der Waals surface area contributed by atoms with Gasteiger partial charge in [0.15, 0.2) is 0 Å². The maximum absolute atomic E-state index is 14.1. The summed E-state index contributed by atoms with van der Waals surface area (Å²) >= 11 is 0. The number of nitrogens with one attached hydrogen (secondary N) is 1. The van der Waals surface area contributed by atoms with Crippen LogP contribution in [0.1, 0.15) is 22.3 Å².